The molecule has 4 bridgehead atoms. The molecule has 1 amide bonds. The molecule has 150 valence electrons. The first-order valence-corrected chi connectivity index (χ1v) is 11.5. The highest BCUT2D eigenvalue weighted by atomic mass is 16.2. The molecular formula is C24H33N3O. The van der Waals surface area contributed by atoms with Gasteiger partial charge < -0.3 is 16.0 Å². The quantitative estimate of drug-likeness (QED) is 0.727. The van der Waals surface area contributed by atoms with Crippen molar-refractivity contribution in [3.05, 3.63) is 24.3 Å². The summed E-state index contributed by atoms with van der Waals surface area (Å²) in [5.41, 5.74) is 2.68. The van der Waals surface area contributed by atoms with Gasteiger partial charge in [-0.3, -0.25) is 4.79 Å². The van der Waals surface area contributed by atoms with Crippen LogP contribution in [0.3, 0.4) is 0 Å². The van der Waals surface area contributed by atoms with Crippen LogP contribution >= 0.6 is 0 Å². The molecule has 5 aliphatic carbocycles. The summed E-state index contributed by atoms with van der Waals surface area (Å²) in [6.07, 6.45) is 11.7. The van der Waals surface area contributed by atoms with Gasteiger partial charge in [0, 0.05) is 11.5 Å². The maximum Gasteiger partial charge on any atom is 0.228 e. The maximum absolute atomic E-state index is 13.0. The van der Waals surface area contributed by atoms with Gasteiger partial charge in [0.25, 0.3) is 0 Å². The van der Waals surface area contributed by atoms with Crippen LogP contribution < -0.4 is 16.0 Å². The Balaban J connectivity index is 1.18. The highest BCUT2D eigenvalue weighted by Crippen LogP contribution is 2.59. The number of amides is 1. The molecule has 0 radical (unpaired) electrons. The third kappa shape index (κ3) is 2.87. The fraction of sp³-hybridized carbons (Fsp3) is 0.708. The van der Waals surface area contributed by atoms with Crippen molar-refractivity contribution in [3.8, 4) is 0 Å². The average Bonchev–Trinajstić information content (AvgIpc) is 3.35. The highest BCUT2D eigenvalue weighted by molar-refractivity contribution is 5.97. The molecule has 1 aliphatic heterocycles. The molecular weight excluding hydrogens is 346 g/mol. The SMILES string of the molecule is O=C(Nc1ccccc1NC12CC3CC(CC(C3)C1)C2)C1CC12CCNCC2. The smallest absolute Gasteiger partial charge is 0.228 e. The molecule has 28 heavy (non-hydrogen) atoms. The van der Waals surface area contributed by atoms with Gasteiger partial charge in [0.05, 0.1) is 11.4 Å². The monoisotopic (exact) mass is 379 g/mol. The zero-order valence-corrected chi connectivity index (χ0v) is 16.8. The molecule has 1 aromatic rings. The minimum atomic E-state index is 0.210. The number of anilines is 2. The Morgan fingerprint density at radius 3 is 2.14 bits per heavy atom. The molecule has 6 aliphatic rings. The van der Waals surface area contributed by atoms with E-state index in [1.807, 2.05) is 6.07 Å². The molecule has 0 aromatic heterocycles. The van der Waals surface area contributed by atoms with Crippen molar-refractivity contribution < 1.29 is 4.79 Å². The number of hydrogen-bond donors (Lipinski definition) is 3. The van der Waals surface area contributed by atoms with Gasteiger partial charge in [-0.05, 0) is 106 Å². The molecule has 4 nitrogen and oxygen atoms in total. The van der Waals surface area contributed by atoms with Gasteiger partial charge in [-0.25, -0.2) is 0 Å². The fourth-order valence-corrected chi connectivity index (χ4v) is 7.67. The summed E-state index contributed by atoms with van der Waals surface area (Å²) in [7, 11) is 0. The lowest BCUT2D eigenvalue weighted by molar-refractivity contribution is -0.118. The summed E-state index contributed by atoms with van der Waals surface area (Å²) in [5, 5.41) is 10.7. The zero-order chi connectivity index (χ0) is 18.8. The molecule has 1 atom stereocenters. The van der Waals surface area contributed by atoms with E-state index in [1.165, 1.54) is 38.5 Å². The van der Waals surface area contributed by atoms with E-state index in [0.29, 0.717) is 0 Å². The van der Waals surface area contributed by atoms with Crippen molar-refractivity contribution in [2.45, 2.75) is 63.3 Å². The molecule has 3 N–H and O–H groups in total. The molecule has 6 fully saturated rings. The number of carbonyl (C=O) groups excluding carboxylic acids is 1. The molecule has 1 aromatic carbocycles. The predicted molar refractivity (Wildman–Crippen MR) is 112 cm³/mol. The molecule has 5 saturated carbocycles. The number of carbonyl (C=O) groups is 1. The first-order valence-electron chi connectivity index (χ1n) is 11.5. The van der Waals surface area contributed by atoms with E-state index < -0.39 is 0 Å². The third-order valence-corrected chi connectivity index (χ3v) is 8.73. The van der Waals surface area contributed by atoms with Crippen LogP contribution in [0.5, 0.6) is 0 Å². The predicted octanol–water partition coefficient (Wildman–Crippen LogP) is 4.40. The van der Waals surface area contributed by atoms with Gasteiger partial charge >= 0.3 is 0 Å². The van der Waals surface area contributed by atoms with Crippen molar-refractivity contribution in [2.75, 3.05) is 23.7 Å². The molecule has 4 heteroatoms. The van der Waals surface area contributed by atoms with E-state index in [-0.39, 0.29) is 22.8 Å². The number of para-hydroxylation sites is 2. The molecule has 1 unspecified atom stereocenters. The Kier molecular flexibility index (Phi) is 3.85. The van der Waals surface area contributed by atoms with E-state index in [9.17, 15) is 4.79 Å². The van der Waals surface area contributed by atoms with Crippen LogP contribution in [0.4, 0.5) is 11.4 Å². The van der Waals surface area contributed by atoms with Gasteiger partial charge in [0.1, 0.15) is 0 Å². The summed E-state index contributed by atoms with van der Waals surface area (Å²) in [6, 6.07) is 8.40. The van der Waals surface area contributed by atoms with Gasteiger partial charge in [0.2, 0.25) is 5.91 Å². The van der Waals surface area contributed by atoms with E-state index in [1.54, 1.807) is 0 Å². The van der Waals surface area contributed by atoms with E-state index >= 15 is 0 Å². The Morgan fingerprint density at radius 1 is 0.893 bits per heavy atom. The van der Waals surface area contributed by atoms with Crippen LogP contribution in [-0.4, -0.2) is 24.5 Å². The maximum atomic E-state index is 13.0. The molecule has 1 saturated heterocycles. The highest BCUT2D eigenvalue weighted by Gasteiger charge is 2.57. The number of hydrogen-bond acceptors (Lipinski definition) is 3. The van der Waals surface area contributed by atoms with Crippen LogP contribution in [0.25, 0.3) is 0 Å². The Hall–Kier alpha value is -1.55. The lowest BCUT2D eigenvalue weighted by atomic mass is 9.53. The van der Waals surface area contributed by atoms with Crippen molar-refractivity contribution in [3.63, 3.8) is 0 Å². The first-order chi connectivity index (χ1) is 13.6. The summed E-state index contributed by atoms with van der Waals surface area (Å²) < 4.78 is 0. The summed E-state index contributed by atoms with van der Waals surface area (Å²) >= 11 is 0. The third-order valence-electron chi connectivity index (χ3n) is 8.73. The summed E-state index contributed by atoms with van der Waals surface area (Å²) in [6.45, 7) is 2.13. The van der Waals surface area contributed by atoms with Gasteiger partial charge in [0.15, 0.2) is 0 Å². The van der Waals surface area contributed by atoms with E-state index in [4.69, 9.17) is 0 Å². The van der Waals surface area contributed by atoms with Crippen molar-refractivity contribution >= 4 is 17.3 Å². The second-order valence-electron chi connectivity index (χ2n) is 10.7. The molecule has 7 rings (SSSR count). The minimum Gasteiger partial charge on any atom is -0.378 e. The van der Waals surface area contributed by atoms with Gasteiger partial charge in [-0.2, -0.15) is 0 Å². The second-order valence-corrected chi connectivity index (χ2v) is 10.7. The van der Waals surface area contributed by atoms with Crippen LogP contribution in [-0.2, 0) is 4.79 Å². The van der Waals surface area contributed by atoms with E-state index in [2.05, 4.69) is 34.1 Å². The fourth-order valence-electron chi connectivity index (χ4n) is 7.67. The number of piperidine rings is 1. The number of rotatable bonds is 4. The lowest BCUT2D eigenvalue weighted by Crippen LogP contribution is -2.54. The van der Waals surface area contributed by atoms with Gasteiger partial charge in [-0.15, -0.1) is 0 Å². The first kappa shape index (κ1) is 17.3. The average molecular weight is 380 g/mol. The summed E-state index contributed by atoms with van der Waals surface area (Å²) in [4.78, 5) is 13.0. The van der Waals surface area contributed by atoms with Crippen LogP contribution in [0.2, 0.25) is 0 Å². The zero-order valence-electron chi connectivity index (χ0n) is 16.8. The van der Waals surface area contributed by atoms with Crippen molar-refractivity contribution in [2.24, 2.45) is 29.1 Å². The second kappa shape index (κ2) is 6.22. The minimum absolute atomic E-state index is 0.210. The van der Waals surface area contributed by atoms with Crippen LogP contribution in [0.15, 0.2) is 24.3 Å². The van der Waals surface area contributed by atoms with Crippen molar-refractivity contribution in [1.29, 1.82) is 0 Å². The Bertz CT molecular complexity index is 747. The number of nitrogens with one attached hydrogen (secondary N) is 3. The lowest BCUT2D eigenvalue weighted by Gasteiger charge is -2.57. The standard InChI is InChI=1S/C24H33N3O/c28-22(19-15-23(19)5-7-25-8-6-23)26-20-3-1-2-4-21(20)27-24-12-16-9-17(13-24)11-18(10-16)14-24/h1-4,16-19,25,27H,5-15H2,(H,26,28). The Labute approximate surface area is 168 Å². The van der Waals surface area contributed by atoms with Crippen molar-refractivity contribution in [1.82, 2.24) is 5.32 Å². The van der Waals surface area contributed by atoms with E-state index in [0.717, 1.165) is 61.5 Å². The normalized spacial score (nSPS) is 39.7. The topological polar surface area (TPSA) is 53.2 Å². The Morgan fingerprint density at radius 2 is 1.50 bits per heavy atom. The number of benzene rings is 1. The molecule has 1 heterocycles. The molecule has 1 spiro atoms. The van der Waals surface area contributed by atoms with Crippen LogP contribution in [0.1, 0.15) is 57.8 Å². The van der Waals surface area contributed by atoms with Crippen LogP contribution in [0, 0.1) is 29.1 Å². The van der Waals surface area contributed by atoms with Gasteiger partial charge in [-0.1, -0.05) is 12.1 Å². The summed E-state index contributed by atoms with van der Waals surface area (Å²) in [5.74, 6) is 3.22. The largest absolute Gasteiger partial charge is 0.378 e.